The van der Waals surface area contributed by atoms with Crippen LogP contribution in [-0.4, -0.2) is 35.3 Å². The molecule has 0 radical (unpaired) electrons. The van der Waals surface area contributed by atoms with Gasteiger partial charge < -0.3 is 14.6 Å². The number of aromatic carboxylic acids is 1. The minimum Gasteiger partial charge on any atom is -0.488 e. The summed E-state index contributed by atoms with van der Waals surface area (Å²) in [5, 5.41) is 19.6. The highest BCUT2D eigenvalue weighted by Crippen LogP contribution is 2.25. The Morgan fingerprint density at radius 1 is 1.53 bits per heavy atom. The SMILES string of the molecule is CCOCC(C)Oc1ccc(C(=O)O)c([N+](=O)[O-])c1. The smallest absolute Gasteiger partial charge is 0.342 e. The highest BCUT2D eigenvalue weighted by atomic mass is 16.6. The third kappa shape index (κ3) is 4.22. The monoisotopic (exact) mass is 269 g/mol. The van der Waals surface area contributed by atoms with Crippen LogP contribution in [0.2, 0.25) is 0 Å². The molecule has 1 rings (SSSR count). The van der Waals surface area contributed by atoms with E-state index >= 15 is 0 Å². The van der Waals surface area contributed by atoms with Crippen LogP contribution in [0.25, 0.3) is 0 Å². The Labute approximate surface area is 109 Å². The normalized spacial score (nSPS) is 11.9. The molecule has 0 aromatic heterocycles. The molecule has 1 aromatic carbocycles. The van der Waals surface area contributed by atoms with Gasteiger partial charge in [-0.15, -0.1) is 0 Å². The number of nitrogens with zero attached hydrogens (tertiary/aromatic N) is 1. The maximum atomic E-state index is 10.8. The van der Waals surface area contributed by atoms with Crippen molar-refractivity contribution in [1.29, 1.82) is 0 Å². The number of carboxylic acid groups (broad SMARTS) is 1. The van der Waals surface area contributed by atoms with E-state index in [0.29, 0.717) is 13.2 Å². The van der Waals surface area contributed by atoms with E-state index in [0.717, 1.165) is 12.1 Å². The Morgan fingerprint density at radius 2 is 2.21 bits per heavy atom. The molecule has 1 aromatic rings. The molecular weight excluding hydrogens is 254 g/mol. The fourth-order valence-electron chi connectivity index (χ4n) is 1.47. The van der Waals surface area contributed by atoms with Crippen LogP contribution < -0.4 is 4.74 Å². The van der Waals surface area contributed by atoms with Gasteiger partial charge in [-0.1, -0.05) is 0 Å². The van der Waals surface area contributed by atoms with E-state index in [1.165, 1.54) is 6.07 Å². The zero-order valence-electron chi connectivity index (χ0n) is 10.7. The summed E-state index contributed by atoms with van der Waals surface area (Å²) in [6.45, 7) is 4.50. The van der Waals surface area contributed by atoms with Crippen LogP contribution in [0.15, 0.2) is 18.2 Å². The van der Waals surface area contributed by atoms with Gasteiger partial charge in [0.25, 0.3) is 5.69 Å². The standard InChI is InChI=1S/C12H15NO6/c1-3-18-7-8(2)19-9-4-5-10(12(14)15)11(6-9)13(16)17/h4-6,8H,3,7H2,1-2H3,(H,14,15). The first kappa shape index (κ1) is 14.9. The molecule has 7 heteroatoms. The minimum absolute atomic E-state index is 0.240. The van der Waals surface area contributed by atoms with Crippen LogP contribution in [0.4, 0.5) is 5.69 Å². The summed E-state index contributed by atoms with van der Waals surface area (Å²) in [6.07, 6.45) is -0.282. The molecule has 104 valence electrons. The van der Waals surface area contributed by atoms with Gasteiger partial charge in [-0.2, -0.15) is 0 Å². The summed E-state index contributed by atoms with van der Waals surface area (Å²) in [6, 6.07) is 3.65. The summed E-state index contributed by atoms with van der Waals surface area (Å²) in [5.41, 5.74) is -0.858. The summed E-state index contributed by atoms with van der Waals surface area (Å²) >= 11 is 0. The lowest BCUT2D eigenvalue weighted by molar-refractivity contribution is -0.385. The van der Waals surface area contributed by atoms with Crippen LogP contribution in [-0.2, 0) is 4.74 Å². The first-order chi connectivity index (χ1) is 8.95. The molecule has 0 saturated carbocycles. The fourth-order valence-corrected chi connectivity index (χ4v) is 1.47. The van der Waals surface area contributed by atoms with E-state index in [9.17, 15) is 14.9 Å². The quantitative estimate of drug-likeness (QED) is 0.601. The molecule has 0 amide bonds. The molecule has 0 aliphatic heterocycles. The Morgan fingerprint density at radius 3 is 2.74 bits per heavy atom. The van der Waals surface area contributed by atoms with Crippen molar-refractivity contribution in [2.45, 2.75) is 20.0 Å². The van der Waals surface area contributed by atoms with Crippen LogP contribution in [0, 0.1) is 10.1 Å². The van der Waals surface area contributed by atoms with Gasteiger partial charge >= 0.3 is 5.97 Å². The van der Waals surface area contributed by atoms with Crippen LogP contribution in [0.3, 0.4) is 0 Å². The van der Waals surface area contributed by atoms with Crippen LogP contribution in [0.1, 0.15) is 24.2 Å². The third-order valence-corrected chi connectivity index (χ3v) is 2.29. The molecule has 0 spiro atoms. The number of nitro benzene ring substituents is 1. The first-order valence-electron chi connectivity index (χ1n) is 5.71. The minimum atomic E-state index is -1.35. The van der Waals surface area contributed by atoms with Crippen LogP contribution in [0.5, 0.6) is 5.75 Å². The Bertz CT molecular complexity index is 473. The molecule has 0 saturated heterocycles. The lowest BCUT2D eigenvalue weighted by Gasteiger charge is -2.14. The number of carbonyl (C=O) groups is 1. The summed E-state index contributed by atoms with van der Waals surface area (Å²) in [4.78, 5) is 20.9. The number of ether oxygens (including phenoxy) is 2. The van der Waals surface area contributed by atoms with E-state index in [1.807, 2.05) is 6.92 Å². The van der Waals surface area contributed by atoms with Gasteiger partial charge in [-0.05, 0) is 26.0 Å². The molecule has 0 aliphatic rings. The van der Waals surface area contributed by atoms with E-state index in [2.05, 4.69) is 0 Å². The van der Waals surface area contributed by atoms with Crippen molar-refractivity contribution in [2.75, 3.05) is 13.2 Å². The van der Waals surface area contributed by atoms with Crippen molar-refractivity contribution >= 4 is 11.7 Å². The summed E-state index contributed by atoms with van der Waals surface area (Å²) in [7, 11) is 0. The van der Waals surface area contributed by atoms with E-state index in [4.69, 9.17) is 14.6 Å². The molecule has 0 heterocycles. The first-order valence-corrected chi connectivity index (χ1v) is 5.71. The lowest BCUT2D eigenvalue weighted by Crippen LogP contribution is -2.19. The average Bonchev–Trinajstić information content (AvgIpc) is 2.35. The predicted molar refractivity (Wildman–Crippen MR) is 66.6 cm³/mol. The molecule has 1 atom stereocenters. The molecule has 0 fully saturated rings. The maximum Gasteiger partial charge on any atom is 0.342 e. The number of carboxylic acids is 1. The van der Waals surface area contributed by atoms with Crippen molar-refractivity contribution < 1.29 is 24.3 Å². The number of nitro groups is 1. The zero-order chi connectivity index (χ0) is 14.4. The van der Waals surface area contributed by atoms with E-state index < -0.39 is 16.6 Å². The van der Waals surface area contributed by atoms with Gasteiger partial charge in [-0.3, -0.25) is 10.1 Å². The van der Waals surface area contributed by atoms with Gasteiger partial charge in [0.2, 0.25) is 0 Å². The molecule has 0 aliphatic carbocycles. The Hall–Kier alpha value is -2.15. The summed E-state index contributed by atoms with van der Waals surface area (Å²) < 4.78 is 10.6. The maximum absolute atomic E-state index is 10.8. The van der Waals surface area contributed by atoms with Crippen molar-refractivity contribution in [3.05, 3.63) is 33.9 Å². The zero-order valence-corrected chi connectivity index (χ0v) is 10.7. The molecule has 1 N–H and O–H groups in total. The van der Waals surface area contributed by atoms with Crippen molar-refractivity contribution in [3.63, 3.8) is 0 Å². The van der Waals surface area contributed by atoms with E-state index in [-0.39, 0.29) is 17.4 Å². The van der Waals surface area contributed by atoms with E-state index in [1.54, 1.807) is 6.92 Å². The second-order valence-corrected chi connectivity index (χ2v) is 3.83. The van der Waals surface area contributed by atoms with Crippen molar-refractivity contribution in [3.8, 4) is 5.75 Å². The number of benzene rings is 1. The van der Waals surface area contributed by atoms with Crippen molar-refractivity contribution in [1.82, 2.24) is 0 Å². The lowest BCUT2D eigenvalue weighted by atomic mass is 10.1. The number of hydrogen-bond donors (Lipinski definition) is 1. The second kappa shape index (κ2) is 6.69. The molecule has 19 heavy (non-hydrogen) atoms. The molecule has 1 unspecified atom stereocenters. The highest BCUT2D eigenvalue weighted by Gasteiger charge is 2.21. The van der Waals surface area contributed by atoms with Crippen LogP contribution >= 0.6 is 0 Å². The average molecular weight is 269 g/mol. The Kier molecular flexibility index (Phi) is 5.25. The largest absolute Gasteiger partial charge is 0.488 e. The molecule has 0 bridgehead atoms. The summed E-state index contributed by atoms with van der Waals surface area (Å²) in [5.74, 6) is -1.11. The van der Waals surface area contributed by atoms with Gasteiger partial charge in [-0.25, -0.2) is 4.79 Å². The highest BCUT2D eigenvalue weighted by molar-refractivity contribution is 5.92. The predicted octanol–water partition coefficient (Wildman–Crippen LogP) is 2.10. The second-order valence-electron chi connectivity index (χ2n) is 3.83. The van der Waals surface area contributed by atoms with Gasteiger partial charge in [0, 0.05) is 6.61 Å². The van der Waals surface area contributed by atoms with Gasteiger partial charge in [0.05, 0.1) is 17.6 Å². The van der Waals surface area contributed by atoms with Gasteiger partial charge in [0.15, 0.2) is 0 Å². The molecule has 7 nitrogen and oxygen atoms in total. The molecular formula is C12H15NO6. The third-order valence-electron chi connectivity index (χ3n) is 2.29. The fraction of sp³-hybridized carbons (Fsp3) is 0.417. The van der Waals surface area contributed by atoms with Crippen molar-refractivity contribution in [2.24, 2.45) is 0 Å². The Balaban J connectivity index is 2.90. The topological polar surface area (TPSA) is 98.9 Å². The van der Waals surface area contributed by atoms with Gasteiger partial charge in [0.1, 0.15) is 17.4 Å². The number of rotatable bonds is 7. The number of hydrogen-bond acceptors (Lipinski definition) is 5.